The van der Waals surface area contributed by atoms with E-state index in [9.17, 15) is 4.79 Å². The van der Waals surface area contributed by atoms with Gasteiger partial charge in [0, 0.05) is 25.3 Å². The molecular formula is C11H14ClN3O2. The topological polar surface area (TPSA) is 65.5 Å². The average Bonchev–Trinajstić information content (AvgIpc) is 2.30. The summed E-state index contributed by atoms with van der Waals surface area (Å²) in [6.07, 6.45) is 2.31. The Morgan fingerprint density at radius 1 is 1.53 bits per heavy atom. The lowest BCUT2D eigenvalue weighted by atomic mass is 10.1. The maximum atomic E-state index is 10.5. The number of hydrogen-bond acceptors (Lipinski definition) is 3. The summed E-state index contributed by atoms with van der Waals surface area (Å²) in [6, 6.07) is 3.64. The number of carbonyl (C=O) groups is 1. The second kappa shape index (κ2) is 5.23. The van der Waals surface area contributed by atoms with E-state index >= 15 is 0 Å². The van der Waals surface area contributed by atoms with E-state index in [1.807, 2.05) is 6.07 Å². The fraction of sp³-hybridized carbons (Fsp3) is 0.455. The van der Waals surface area contributed by atoms with Gasteiger partial charge in [-0.15, -0.1) is 0 Å². The maximum Gasteiger partial charge on any atom is 0.404 e. The van der Waals surface area contributed by atoms with Crippen LogP contribution in [0.1, 0.15) is 12.8 Å². The van der Waals surface area contributed by atoms with Gasteiger partial charge >= 0.3 is 6.09 Å². The number of nitrogens with one attached hydrogen (secondary N) is 1. The number of pyridine rings is 1. The van der Waals surface area contributed by atoms with Crippen molar-refractivity contribution in [3.8, 4) is 0 Å². The van der Waals surface area contributed by atoms with Crippen molar-refractivity contribution in [1.29, 1.82) is 0 Å². The standard InChI is InChI=1S/C11H14ClN3O2/c12-9-2-1-5-13-10(9)15-6-3-8(4-7-15)14-11(16)17/h1-2,5,8,14H,3-4,6-7H2,(H,16,17). The number of anilines is 1. The Morgan fingerprint density at radius 3 is 2.82 bits per heavy atom. The van der Waals surface area contributed by atoms with Gasteiger partial charge < -0.3 is 15.3 Å². The van der Waals surface area contributed by atoms with E-state index in [2.05, 4.69) is 15.2 Å². The van der Waals surface area contributed by atoms with Crippen LogP contribution in [0.2, 0.25) is 5.02 Å². The van der Waals surface area contributed by atoms with E-state index in [0.717, 1.165) is 31.7 Å². The van der Waals surface area contributed by atoms with Crippen LogP contribution < -0.4 is 10.2 Å². The van der Waals surface area contributed by atoms with Gasteiger partial charge in [-0.3, -0.25) is 0 Å². The second-order valence-electron chi connectivity index (χ2n) is 4.02. The largest absolute Gasteiger partial charge is 0.465 e. The van der Waals surface area contributed by atoms with Crippen molar-refractivity contribution >= 4 is 23.5 Å². The predicted octanol–water partition coefficient (Wildman–Crippen LogP) is 1.97. The van der Waals surface area contributed by atoms with Crippen LogP contribution in [0.3, 0.4) is 0 Å². The van der Waals surface area contributed by atoms with Gasteiger partial charge in [-0.1, -0.05) is 11.6 Å². The number of aromatic nitrogens is 1. The Bertz CT molecular complexity index is 405. The molecule has 0 spiro atoms. The quantitative estimate of drug-likeness (QED) is 0.848. The Labute approximate surface area is 104 Å². The zero-order chi connectivity index (χ0) is 12.3. The molecule has 1 aromatic heterocycles. The van der Waals surface area contributed by atoms with Gasteiger partial charge in [0.15, 0.2) is 0 Å². The SMILES string of the molecule is O=C(O)NC1CCN(c2ncccc2Cl)CC1. The summed E-state index contributed by atoms with van der Waals surface area (Å²) >= 11 is 6.06. The molecule has 5 nitrogen and oxygen atoms in total. The molecule has 1 saturated heterocycles. The van der Waals surface area contributed by atoms with E-state index < -0.39 is 6.09 Å². The van der Waals surface area contributed by atoms with Crippen molar-refractivity contribution < 1.29 is 9.90 Å². The predicted molar refractivity (Wildman–Crippen MR) is 65.6 cm³/mol. The number of hydrogen-bond donors (Lipinski definition) is 2. The fourth-order valence-corrected chi connectivity index (χ4v) is 2.26. The molecule has 1 aliphatic heterocycles. The van der Waals surface area contributed by atoms with Crippen molar-refractivity contribution in [1.82, 2.24) is 10.3 Å². The highest BCUT2D eigenvalue weighted by Gasteiger charge is 2.22. The van der Waals surface area contributed by atoms with Crippen LogP contribution in [0, 0.1) is 0 Å². The van der Waals surface area contributed by atoms with Crippen LogP contribution in [0.25, 0.3) is 0 Å². The summed E-state index contributed by atoms with van der Waals surface area (Å²) in [7, 11) is 0. The summed E-state index contributed by atoms with van der Waals surface area (Å²) in [6.45, 7) is 1.53. The number of amides is 1. The maximum absolute atomic E-state index is 10.5. The minimum absolute atomic E-state index is 0.0336. The molecule has 2 heterocycles. The first-order valence-electron chi connectivity index (χ1n) is 5.52. The lowest BCUT2D eigenvalue weighted by Crippen LogP contribution is -2.44. The third kappa shape index (κ3) is 3.00. The molecule has 0 unspecified atom stereocenters. The van der Waals surface area contributed by atoms with E-state index in [-0.39, 0.29) is 6.04 Å². The molecule has 1 fully saturated rings. The molecule has 0 bridgehead atoms. The average molecular weight is 256 g/mol. The van der Waals surface area contributed by atoms with Gasteiger partial charge in [-0.25, -0.2) is 9.78 Å². The van der Waals surface area contributed by atoms with E-state index in [1.165, 1.54) is 0 Å². The molecule has 92 valence electrons. The molecule has 0 atom stereocenters. The van der Waals surface area contributed by atoms with Crippen LogP contribution in [0.5, 0.6) is 0 Å². The zero-order valence-corrected chi connectivity index (χ0v) is 10.0. The molecule has 1 aromatic rings. The van der Waals surface area contributed by atoms with Crippen molar-refractivity contribution in [3.05, 3.63) is 23.4 Å². The van der Waals surface area contributed by atoms with Crippen LogP contribution >= 0.6 is 11.6 Å². The molecule has 1 aliphatic rings. The Morgan fingerprint density at radius 2 is 2.24 bits per heavy atom. The Balaban J connectivity index is 1.95. The van der Waals surface area contributed by atoms with Gasteiger partial charge in [0.2, 0.25) is 0 Å². The van der Waals surface area contributed by atoms with Crippen molar-refractivity contribution in [3.63, 3.8) is 0 Å². The zero-order valence-electron chi connectivity index (χ0n) is 9.27. The highest BCUT2D eigenvalue weighted by atomic mass is 35.5. The minimum Gasteiger partial charge on any atom is -0.465 e. The summed E-state index contributed by atoms with van der Waals surface area (Å²) in [5.74, 6) is 0.781. The van der Waals surface area contributed by atoms with Crippen LogP contribution in [-0.2, 0) is 0 Å². The highest BCUT2D eigenvalue weighted by Crippen LogP contribution is 2.25. The van der Waals surface area contributed by atoms with E-state index in [4.69, 9.17) is 16.7 Å². The van der Waals surface area contributed by atoms with Crippen molar-refractivity contribution in [2.45, 2.75) is 18.9 Å². The van der Waals surface area contributed by atoms with E-state index in [0.29, 0.717) is 5.02 Å². The number of carboxylic acid groups (broad SMARTS) is 1. The van der Waals surface area contributed by atoms with Crippen LogP contribution in [0.15, 0.2) is 18.3 Å². The lowest BCUT2D eigenvalue weighted by molar-refractivity contribution is 0.187. The molecule has 0 aromatic carbocycles. The molecule has 17 heavy (non-hydrogen) atoms. The number of nitrogens with zero attached hydrogens (tertiary/aromatic N) is 2. The Kier molecular flexibility index (Phi) is 3.68. The number of halogens is 1. The monoisotopic (exact) mass is 255 g/mol. The highest BCUT2D eigenvalue weighted by molar-refractivity contribution is 6.32. The van der Waals surface area contributed by atoms with Gasteiger partial charge in [0.25, 0.3) is 0 Å². The van der Waals surface area contributed by atoms with Crippen molar-refractivity contribution in [2.24, 2.45) is 0 Å². The number of piperidine rings is 1. The van der Waals surface area contributed by atoms with Gasteiger partial charge in [-0.2, -0.15) is 0 Å². The normalized spacial score (nSPS) is 16.9. The molecule has 1 amide bonds. The smallest absolute Gasteiger partial charge is 0.404 e. The first-order chi connectivity index (χ1) is 8.16. The van der Waals surface area contributed by atoms with Crippen LogP contribution in [0.4, 0.5) is 10.6 Å². The van der Waals surface area contributed by atoms with Gasteiger partial charge in [0.05, 0.1) is 5.02 Å². The molecule has 2 rings (SSSR count). The van der Waals surface area contributed by atoms with Gasteiger partial charge in [0.1, 0.15) is 5.82 Å². The lowest BCUT2D eigenvalue weighted by Gasteiger charge is -2.32. The number of rotatable bonds is 2. The Hall–Kier alpha value is -1.49. The van der Waals surface area contributed by atoms with Gasteiger partial charge in [-0.05, 0) is 25.0 Å². The van der Waals surface area contributed by atoms with Crippen LogP contribution in [-0.4, -0.2) is 35.3 Å². The summed E-state index contributed by atoms with van der Waals surface area (Å²) in [5, 5.41) is 11.8. The molecular weight excluding hydrogens is 242 g/mol. The molecule has 6 heteroatoms. The first kappa shape index (κ1) is 12.0. The second-order valence-corrected chi connectivity index (χ2v) is 4.43. The first-order valence-corrected chi connectivity index (χ1v) is 5.89. The molecule has 0 saturated carbocycles. The van der Waals surface area contributed by atoms with Crippen molar-refractivity contribution in [2.75, 3.05) is 18.0 Å². The third-order valence-corrected chi connectivity index (χ3v) is 3.16. The summed E-state index contributed by atoms with van der Waals surface area (Å²) < 4.78 is 0. The van der Waals surface area contributed by atoms with E-state index in [1.54, 1.807) is 12.3 Å². The molecule has 0 radical (unpaired) electrons. The summed E-state index contributed by atoms with van der Waals surface area (Å²) in [5.41, 5.74) is 0. The molecule has 2 N–H and O–H groups in total. The third-order valence-electron chi connectivity index (χ3n) is 2.86. The minimum atomic E-state index is -0.959. The fourth-order valence-electron chi connectivity index (χ4n) is 2.02. The summed E-state index contributed by atoms with van der Waals surface area (Å²) in [4.78, 5) is 16.8. The molecule has 0 aliphatic carbocycles.